The molecule has 1 fully saturated rings. The third-order valence-electron chi connectivity index (χ3n) is 8.29. The molecule has 7 heteroatoms. The third kappa shape index (κ3) is 4.57. The average molecular weight is 555 g/mol. The van der Waals surface area contributed by atoms with Crippen LogP contribution in [-0.2, 0) is 17.5 Å². The number of hydrogen-bond donors (Lipinski definition) is 1. The maximum absolute atomic E-state index is 13.3. The van der Waals surface area contributed by atoms with E-state index in [2.05, 4.69) is 22.8 Å². The van der Waals surface area contributed by atoms with Gasteiger partial charge in [0.25, 0.3) is 0 Å². The number of ether oxygens (including phenoxy) is 1. The second-order valence-corrected chi connectivity index (χ2v) is 12.6. The summed E-state index contributed by atoms with van der Waals surface area (Å²) < 4.78 is 23.0. The fourth-order valence-corrected chi connectivity index (χ4v) is 7.39. The van der Waals surface area contributed by atoms with E-state index < -0.39 is 17.0 Å². The van der Waals surface area contributed by atoms with Crippen molar-refractivity contribution in [2.75, 3.05) is 21.2 Å². The van der Waals surface area contributed by atoms with Crippen molar-refractivity contribution in [2.45, 2.75) is 49.5 Å². The number of carboxylic acids is 1. The van der Waals surface area contributed by atoms with E-state index in [1.807, 2.05) is 56.6 Å². The van der Waals surface area contributed by atoms with Gasteiger partial charge in [0.1, 0.15) is 16.7 Å². The Bertz CT molecular complexity index is 1680. The lowest BCUT2D eigenvalue weighted by Crippen LogP contribution is -2.17. The highest BCUT2D eigenvalue weighted by Crippen LogP contribution is 2.48. The Morgan fingerprint density at radius 3 is 2.50 bits per heavy atom. The molecular formula is C33H34N2O4S. The van der Waals surface area contributed by atoms with Gasteiger partial charge in [-0.1, -0.05) is 43.5 Å². The molecule has 2 heterocycles. The Hall–Kier alpha value is -3.68. The third-order valence-corrected chi connectivity index (χ3v) is 9.68. The average Bonchev–Trinajstić information content (AvgIpc) is 3.19. The first kappa shape index (κ1) is 26.5. The molecule has 2 aliphatic rings. The molecule has 1 atom stereocenters. The molecule has 0 radical (unpaired) electrons. The summed E-state index contributed by atoms with van der Waals surface area (Å²) >= 11 is 0. The van der Waals surface area contributed by atoms with Gasteiger partial charge in [0.05, 0.1) is 23.3 Å². The standard InChI is InChI=1S/C33H34N2O4S/c1-34(2)40(38)30-12-8-7-11-26(30)24-17-23-18-25(39-3)14-16-27(23)32-31(21-9-5-4-6-10-21)28-15-13-22(33(36)37)19-29(28)35(32)20-24/h7-8,11-19,21H,4-6,9-10,20H2,1-3H3,(H,36,37). The van der Waals surface area contributed by atoms with Crippen molar-refractivity contribution in [1.29, 1.82) is 0 Å². The van der Waals surface area contributed by atoms with E-state index in [1.54, 1.807) is 17.5 Å². The van der Waals surface area contributed by atoms with Crippen molar-refractivity contribution in [3.63, 3.8) is 0 Å². The molecule has 1 aliphatic heterocycles. The number of carboxylic acid groups (broad SMARTS) is 1. The minimum Gasteiger partial charge on any atom is -0.497 e. The van der Waals surface area contributed by atoms with Gasteiger partial charge < -0.3 is 14.4 Å². The van der Waals surface area contributed by atoms with Crippen LogP contribution in [0, 0.1) is 0 Å². The molecule has 1 aromatic heterocycles. The zero-order chi connectivity index (χ0) is 28.0. The molecule has 6 rings (SSSR count). The van der Waals surface area contributed by atoms with Gasteiger partial charge in [-0.3, -0.25) is 0 Å². The molecule has 0 amide bonds. The fraction of sp³-hybridized carbons (Fsp3) is 0.303. The largest absolute Gasteiger partial charge is 0.497 e. The van der Waals surface area contributed by atoms with Crippen LogP contribution in [-0.4, -0.2) is 45.4 Å². The molecule has 0 spiro atoms. The first-order valence-electron chi connectivity index (χ1n) is 13.8. The Labute approximate surface area is 237 Å². The van der Waals surface area contributed by atoms with Crippen molar-refractivity contribution < 1.29 is 18.8 Å². The van der Waals surface area contributed by atoms with Gasteiger partial charge >= 0.3 is 5.97 Å². The highest BCUT2D eigenvalue weighted by Gasteiger charge is 2.30. The molecule has 206 valence electrons. The van der Waals surface area contributed by atoms with E-state index in [0.717, 1.165) is 62.3 Å². The second kappa shape index (κ2) is 10.7. The summed E-state index contributed by atoms with van der Waals surface area (Å²) in [6.45, 7) is 0.528. The summed E-state index contributed by atoms with van der Waals surface area (Å²) in [6.07, 6.45) is 8.10. The molecule has 1 N–H and O–H groups in total. The summed E-state index contributed by atoms with van der Waals surface area (Å²) in [6, 6.07) is 19.6. The van der Waals surface area contributed by atoms with E-state index in [0.29, 0.717) is 12.5 Å². The second-order valence-electron chi connectivity index (χ2n) is 10.9. The number of aromatic carboxylic acids is 1. The number of carbonyl (C=O) groups is 1. The van der Waals surface area contributed by atoms with E-state index in [-0.39, 0.29) is 5.56 Å². The Morgan fingerprint density at radius 1 is 1.00 bits per heavy atom. The van der Waals surface area contributed by atoms with Gasteiger partial charge in [0, 0.05) is 23.0 Å². The fourth-order valence-electron chi connectivity index (χ4n) is 6.42. The van der Waals surface area contributed by atoms with Gasteiger partial charge in [-0.15, -0.1) is 0 Å². The van der Waals surface area contributed by atoms with E-state index in [1.165, 1.54) is 24.8 Å². The summed E-state index contributed by atoms with van der Waals surface area (Å²) in [5.41, 5.74) is 7.77. The van der Waals surface area contributed by atoms with Crippen LogP contribution in [0.3, 0.4) is 0 Å². The SMILES string of the molecule is COc1ccc2c(c1)C=C(c1ccccc1S(=O)N(C)C)Cn1c-2c(C2CCCCC2)c2ccc(C(=O)O)cc21. The molecule has 1 aliphatic carbocycles. The van der Waals surface area contributed by atoms with E-state index >= 15 is 0 Å². The van der Waals surface area contributed by atoms with Crippen molar-refractivity contribution in [3.05, 3.63) is 82.9 Å². The molecule has 1 saturated carbocycles. The van der Waals surface area contributed by atoms with Crippen molar-refractivity contribution in [3.8, 4) is 17.0 Å². The number of aromatic nitrogens is 1. The van der Waals surface area contributed by atoms with E-state index in [9.17, 15) is 14.1 Å². The van der Waals surface area contributed by atoms with Crippen LogP contribution >= 0.6 is 0 Å². The summed E-state index contributed by atoms with van der Waals surface area (Å²) in [5.74, 6) is 0.252. The van der Waals surface area contributed by atoms with Gasteiger partial charge in [-0.25, -0.2) is 13.3 Å². The smallest absolute Gasteiger partial charge is 0.335 e. The molecule has 3 aromatic carbocycles. The van der Waals surface area contributed by atoms with Gasteiger partial charge in [0.2, 0.25) is 0 Å². The molecule has 0 saturated heterocycles. The van der Waals surface area contributed by atoms with Gasteiger partial charge in [-0.2, -0.15) is 0 Å². The van der Waals surface area contributed by atoms with Gasteiger partial charge in [-0.05, 0) is 97.6 Å². The quantitative estimate of drug-likeness (QED) is 0.274. The van der Waals surface area contributed by atoms with Crippen LogP contribution in [0.15, 0.2) is 65.6 Å². The summed E-state index contributed by atoms with van der Waals surface area (Å²) in [4.78, 5) is 12.8. The van der Waals surface area contributed by atoms with Crippen molar-refractivity contribution in [1.82, 2.24) is 8.87 Å². The lowest BCUT2D eigenvalue weighted by molar-refractivity contribution is 0.0697. The summed E-state index contributed by atoms with van der Waals surface area (Å²) in [5, 5.41) is 11.0. The van der Waals surface area contributed by atoms with Crippen LogP contribution in [0.25, 0.3) is 33.8 Å². The van der Waals surface area contributed by atoms with E-state index in [4.69, 9.17) is 4.74 Å². The zero-order valence-electron chi connectivity index (χ0n) is 23.1. The van der Waals surface area contributed by atoms with Crippen LogP contribution < -0.4 is 4.74 Å². The number of benzene rings is 3. The van der Waals surface area contributed by atoms with Crippen LogP contribution in [0.5, 0.6) is 5.75 Å². The minimum atomic E-state index is -1.33. The highest BCUT2D eigenvalue weighted by molar-refractivity contribution is 7.82. The van der Waals surface area contributed by atoms with Crippen molar-refractivity contribution >= 4 is 39.5 Å². The molecule has 4 aromatic rings. The molecule has 40 heavy (non-hydrogen) atoms. The number of allylic oxidation sites excluding steroid dienone is 1. The number of nitrogens with zero attached hydrogens (tertiary/aromatic N) is 2. The highest BCUT2D eigenvalue weighted by atomic mass is 32.2. The molecular weight excluding hydrogens is 520 g/mol. The number of methoxy groups -OCH3 is 1. The maximum atomic E-state index is 13.3. The minimum absolute atomic E-state index is 0.279. The first-order valence-corrected chi connectivity index (χ1v) is 14.9. The van der Waals surface area contributed by atoms with Gasteiger partial charge in [0.15, 0.2) is 0 Å². The Morgan fingerprint density at radius 2 is 1.77 bits per heavy atom. The number of hydrogen-bond acceptors (Lipinski definition) is 3. The lowest BCUT2D eigenvalue weighted by Gasteiger charge is -2.24. The topological polar surface area (TPSA) is 71.8 Å². The molecule has 0 bridgehead atoms. The number of fused-ring (bicyclic) bond motifs is 5. The van der Waals surface area contributed by atoms with Crippen LogP contribution in [0.4, 0.5) is 0 Å². The monoisotopic (exact) mass is 554 g/mol. The molecule has 1 unspecified atom stereocenters. The van der Waals surface area contributed by atoms with Crippen molar-refractivity contribution in [2.24, 2.45) is 0 Å². The maximum Gasteiger partial charge on any atom is 0.335 e. The normalized spacial score (nSPS) is 16.2. The Balaban J connectivity index is 1.67. The first-order chi connectivity index (χ1) is 19.4. The predicted octanol–water partition coefficient (Wildman–Crippen LogP) is 7.20. The number of rotatable bonds is 6. The van der Waals surface area contributed by atoms with Crippen LogP contribution in [0.2, 0.25) is 0 Å². The summed E-state index contributed by atoms with van der Waals surface area (Å²) in [7, 11) is 3.98. The lowest BCUT2D eigenvalue weighted by atomic mass is 9.81. The predicted molar refractivity (Wildman–Crippen MR) is 161 cm³/mol. The molecule has 6 nitrogen and oxygen atoms in total. The Kier molecular flexibility index (Phi) is 7.11. The van der Waals surface area contributed by atoms with Crippen LogP contribution in [0.1, 0.15) is 65.1 Å². The zero-order valence-corrected chi connectivity index (χ0v) is 24.0.